The number of hydrogen-bond donors (Lipinski definition) is 2. The average molecular weight is 403 g/mol. The van der Waals surface area contributed by atoms with Gasteiger partial charge in [0.1, 0.15) is 6.10 Å². The van der Waals surface area contributed by atoms with Crippen LogP contribution in [0.4, 0.5) is 0 Å². The molecule has 8 heteroatoms. The zero-order valence-corrected chi connectivity index (χ0v) is 16.5. The molecule has 1 saturated carbocycles. The van der Waals surface area contributed by atoms with Gasteiger partial charge >= 0.3 is 0 Å². The van der Waals surface area contributed by atoms with E-state index in [1.54, 1.807) is 29.4 Å². The van der Waals surface area contributed by atoms with E-state index in [1.807, 2.05) is 0 Å². The molecule has 3 aliphatic rings. The van der Waals surface area contributed by atoms with Gasteiger partial charge < -0.3 is 24.8 Å². The Morgan fingerprint density at radius 3 is 2.69 bits per heavy atom. The van der Waals surface area contributed by atoms with Gasteiger partial charge in [0.25, 0.3) is 5.91 Å². The molecule has 29 heavy (non-hydrogen) atoms. The van der Waals surface area contributed by atoms with Gasteiger partial charge in [-0.25, -0.2) is 0 Å². The highest BCUT2D eigenvalue weighted by atomic mass is 16.5. The topological polar surface area (TPSA) is 101 Å². The molecular formula is C21H29N3O5. The maximum atomic E-state index is 13.1. The Morgan fingerprint density at radius 1 is 1.17 bits per heavy atom. The lowest BCUT2D eigenvalue weighted by molar-refractivity contribution is -0.151. The van der Waals surface area contributed by atoms with E-state index in [0.29, 0.717) is 37.5 Å². The predicted octanol–water partition coefficient (Wildman–Crippen LogP) is 0.890. The summed E-state index contributed by atoms with van der Waals surface area (Å²) in [5.74, 6) is -0.113. The van der Waals surface area contributed by atoms with E-state index in [9.17, 15) is 14.7 Å². The Kier molecular flexibility index (Phi) is 6.42. The van der Waals surface area contributed by atoms with Crippen molar-refractivity contribution in [2.45, 2.75) is 68.9 Å². The molecule has 1 aromatic heterocycles. The number of carbonyl (C=O) groups excluding carboxylic acids is 2. The third kappa shape index (κ3) is 4.94. The zero-order chi connectivity index (χ0) is 20.2. The molecule has 2 saturated heterocycles. The van der Waals surface area contributed by atoms with Crippen molar-refractivity contribution < 1.29 is 24.2 Å². The van der Waals surface area contributed by atoms with Crippen molar-refractivity contribution in [3.8, 4) is 0 Å². The molecule has 8 nitrogen and oxygen atoms in total. The van der Waals surface area contributed by atoms with Crippen LogP contribution >= 0.6 is 0 Å². The Bertz CT molecular complexity index is 712. The van der Waals surface area contributed by atoms with E-state index in [1.165, 1.54) is 6.42 Å². The SMILES string of the molecule is O=C(C[C@H]1CC[C@@H]2[C@H](COC[C@H](O)CN2C(=O)c2ccncc2)O1)NC1CCC1. The van der Waals surface area contributed by atoms with Crippen LogP contribution in [-0.4, -0.2) is 77.0 Å². The first-order valence-corrected chi connectivity index (χ1v) is 10.5. The van der Waals surface area contributed by atoms with Gasteiger partial charge in [-0.2, -0.15) is 0 Å². The number of rotatable bonds is 4. The fourth-order valence-electron chi connectivity index (χ4n) is 4.28. The number of carbonyl (C=O) groups is 2. The lowest BCUT2D eigenvalue weighted by Crippen LogP contribution is -2.57. The number of aliphatic hydroxyl groups excluding tert-OH is 1. The maximum Gasteiger partial charge on any atom is 0.254 e. The summed E-state index contributed by atoms with van der Waals surface area (Å²) in [7, 11) is 0. The summed E-state index contributed by atoms with van der Waals surface area (Å²) in [4.78, 5) is 31.1. The van der Waals surface area contributed by atoms with Crippen LogP contribution in [0.5, 0.6) is 0 Å². The van der Waals surface area contributed by atoms with Gasteiger partial charge in [-0.15, -0.1) is 0 Å². The number of pyridine rings is 1. The van der Waals surface area contributed by atoms with Crippen LogP contribution in [0.15, 0.2) is 24.5 Å². The minimum atomic E-state index is -0.743. The standard InChI is InChI=1S/C21H29N3O5/c25-16-11-24(21(27)14-6-8-22-9-7-14)18-5-4-17(29-19(18)13-28-12-16)10-20(26)23-15-2-1-3-15/h6-9,15-19,25H,1-5,10-13H2,(H,23,26)/t16-,17-,18-,19+/m1/s1. The van der Waals surface area contributed by atoms with Crippen molar-refractivity contribution in [3.05, 3.63) is 30.1 Å². The lowest BCUT2D eigenvalue weighted by atomic mass is 9.92. The largest absolute Gasteiger partial charge is 0.389 e. The van der Waals surface area contributed by atoms with Crippen LogP contribution in [0.25, 0.3) is 0 Å². The van der Waals surface area contributed by atoms with Gasteiger partial charge in [0, 0.05) is 30.5 Å². The number of fused-ring (bicyclic) bond motifs is 1. The number of ether oxygens (including phenoxy) is 2. The summed E-state index contributed by atoms with van der Waals surface area (Å²) in [5, 5.41) is 13.3. The Hall–Kier alpha value is -2.03. The summed E-state index contributed by atoms with van der Waals surface area (Å²) < 4.78 is 11.8. The van der Waals surface area contributed by atoms with Gasteiger partial charge in [0.15, 0.2) is 0 Å². The van der Waals surface area contributed by atoms with Crippen LogP contribution in [-0.2, 0) is 14.3 Å². The van der Waals surface area contributed by atoms with Gasteiger partial charge in [-0.05, 0) is 44.2 Å². The molecule has 3 fully saturated rings. The van der Waals surface area contributed by atoms with E-state index in [-0.39, 0.29) is 43.2 Å². The monoisotopic (exact) mass is 403 g/mol. The summed E-state index contributed by atoms with van der Waals surface area (Å²) >= 11 is 0. The molecule has 2 N–H and O–H groups in total. The van der Waals surface area contributed by atoms with Crippen molar-refractivity contribution in [2.24, 2.45) is 0 Å². The molecule has 1 aliphatic carbocycles. The van der Waals surface area contributed by atoms with Crippen molar-refractivity contribution in [3.63, 3.8) is 0 Å². The number of amides is 2. The van der Waals surface area contributed by atoms with Crippen LogP contribution in [0, 0.1) is 0 Å². The Morgan fingerprint density at radius 2 is 1.97 bits per heavy atom. The van der Waals surface area contributed by atoms with Gasteiger partial charge in [0.2, 0.25) is 5.91 Å². The van der Waals surface area contributed by atoms with Crippen LogP contribution < -0.4 is 5.32 Å². The van der Waals surface area contributed by atoms with Crippen molar-refractivity contribution >= 4 is 11.8 Å². The van der Waals surface area contributed by atoms with Crippen molar-refractivity contribution in [2.75, 3.05) is 19.8 Å². The second-order valence-corrected chi connectivity index (χ2v) is 8.23. The number of β-amino-alcohol motifs (C(OH)–C–C–N with tert-alkyl or cyclic N) is 1. The normalized spacial score (nSPS) is 30.4. The highest BCUT2D eigenvalue weighted by Gasteiger charge is 2.40. The summed E-state index contributed by atoms with van der Waals surface area (Å²) in [6.45, 7) is 0.640. The van der Waals surface area contributed by atoms with Crippen LogP contribution in [0.1, 0.15) is 48.9 Å². The first-order valence-electron chi connectivity index (χ1n) is 10.5. The first kappa shape index (κ1) is 20.3. The fraction of sp³-hybridized carbons (Fsp3) is 0.667. The molecule has 0 bridgehead atoms. The second-order valence-electron chi connectivity index (χ2n) is 8.23. The highest BCUT2D eigenvalue weighted by molar-refractivity contribution is 5.94. The molecule has 2 amide bonds. The molecule has 158 valence electrons. The Balaban J connectivity index is 1.42. The molecule has 4 rings (SSSR count). The van der Waals surface area contributed by atoms with Gasteiger partial charge in [-0.1, -0.05) is 0 Å². The molecule has 2 aliphatic heterocycles. The number of hydrogen-bond acceptors (Lipinski definition) is 6. The van der Waals surface area contributed by atoms with Gasteiger partial charge in [-0.3, -0.25) is 14.6 Å². The predicted molar refractivity (Wildman–Crippen MR) is 104 cm³/mol. The van der Waals surface area contributed by atoms with Crippen molar-refractivity contribution in [1.82, 2.24) is 15.2 Å². The number of nitrogens with one attached hydrogen (secondary N) is 1. The minimum Gasteiger partial charge on any atom is -0.389 e. The lowest BCUT2D eigenvalue weighted by Gasteiger charge is -2.44. The third-order valence-electron chi connectivity index (χ3n) is 6.05. The van der Waals surface area contributed by atoms with E-state index in [4.69, 9.17) is 9.47 Å². The molecule has 0 aromatic carbocycles. The summed E-state index contributed by atoms with van der Waals surface area (Å²) in [5.41, 5.74) is 0.537. The van der Waals surface area contributed by atoms with E-state index < -0.39 is 6.10 Å². The zero-order valence-electron chi connectivity index (χ0n) is 16.5. The third-order valence-corrected chi connectivity index (χ3v) is 6.05. The Labute approximate surface area is 170 Å². The summed E-state index contributed by atoms with van der Waals surface area (Å²) in [6.07, 6.45) is 6.96. The molecule has 4 atom stereocenters. The quantitative estimate of drug-likeness (QED) is 0.774. The highest BCUT2D eigenvalue weighted by Crippen LogP contribution is 2.29. The van der Waals surface area contributed by atoms with E-state index in [2.05, 4.69) is 10.3 Å². The number of aromatic nitrogens is 1. The minimum absolute atomic E-state index is 0.0325. The molecule has 1 aromatic rings. The van der Waals surface area contributed by atoms with Crippen molar-refractivity contribution in [1.29, 1.82) is 0 Å². The molecular weight excluding hydrogens is 374 g/mol. The molecule has 3 heterocycles. The number of nitrogens with zero attached hydrogens (tertiary/aromatic N) is 2. The van der Waals surface area contributed by atoms with E-state index in [0.717, 1.165) is 12.8 Å². The second kappa shape index (κ2) is 9.19. The average Bonchev–Trinajstić information content (AvgIpc) is 2.68. The molecule has 0 spiro atoms. The van der Waals surface area contributed by atoms with Gasteiger partial charge in [0.05, 0.1) is 37.9 Å². The van der Waals surface area contributed by atoms with Crippen LogP contribution in [0.2, 0.25) is 0 Å². The maximum absolute atomic E-state index is 13.1. The number of aliphatic hydroxyl groups is 1. The summed E-state index contributed by atoms with van der Waals surface area (Å²) in [6, 6.07) is 3.47. The smallest absolute Gasteiger partial charge is 0.254 e. The first-order chi connectivity index (χ1) is 14.1. The fourth-order valence-corrected chi connectivity index (χ4v) is 4.28. The van der Waals surface area contributed by atoms with E-state index >= 15 is 0 Å². The molecule has 0 radical (unpaired) electrons. The van der Waals surface area contributed by atoms with Crippen LogP contribution in [0.3, 0.4) is 0 Å². The molecule has 0 unspecified atom stereocenters.